The summed E-state index contributed by atoms with van der Waals surface area (Å²) in [4.78, 5) is 14.7. The molecule has 6 heteroatoms. The van der Waals surface area contributed by atoms with Crippen LogP contribution < -0.4 is 0 Å². The van der Waals surface area contributed by atoms with Gasteiger partial charge in [0.15, 0.2) is 0 Å². The summed E-state index contributed by atoms with van der Waals surface area (Å²) in [6.07, 6.45) is 2.92. The third-order valence-electron chi connectivity index (χ3n) is 2.25. The van der Waals surface area contributed by atoms with Crippen molar-refractivity contribution >= 4 is 33.2 Å². The summed E-state index contributed by atoms with van der Waals surface area (Å²) in [5, 5.41) is 11.2. The first-order valence-corrected chi connectivity index (χ1v) is 6.62. The molecule has 1 aromatic rings. The number of pyridine rings is 1. The van der Waals surface area contributed by atoms with Gasteiger partial charge in [0.1, 0.15) is 5.69 Å². The van der Waals surface area contributed by atoms with Gasteiger partial charge in [-0.15, -0.1) is 0 Å². The smallest absolute Gasteiger partial charge is 0.258 e. The summed E-state index contributed by atoms with van der Waals surface area (Å²) in [5.74, 6) is 0.533. The van der Waals surface area contributed by atoms with Gasteiger partial charge in [0.05, 0.1) is 9.95 Å². The Hall–Kier alpha value is -0.680. The lowest BCUT2D eigenvalue weighted by molar-refractivity contribution is -0.385. The molecule has 4 nitrogen and oxygen atoms in total. The Bertz CT molecular complexity index is 412. The van der Waals surface area contributed by atoms with Crippen molar-refractivity contribution in [1.29, 1.82) is 0 Å². The fourth-order valence-corrected chi connectivity index (χ4v) is 2.78. The van der Waals surface area contributed by atoms with Gasteiger partial charge in [0.25, 0.3) is 5.69 Å². The number of aromatic nitrogens is 1. The Morgan fingerprint density at radius 3 is 2.76 bits per heavy atom. The highest BCUT2D eigenvalue weighted by molar-refractivity contribution is 9.09. The predicted octanol–water partition coefficient (Wildman–Crippen LogP) is 4.00. The molecule has 0 bridgehead atoms. The van der Waals surface area contributed by atoms with Crippen molar-refractivity contribution in [3.63, 3.8) is 0 Å². The molecule has 0 N–H and O–H groups in total. The van der Waals surface area contributed by atoms with E-state index in [0.29, 0.717) is 18.0 Å². The molecule has 0 amide bonds. The van der Waals surface area contributed by atoms with Crippen molar-refractivity contribution in [3.8, 4) is 0 Å². The van der Waals surface area contributed by atoms with Gasteiger partial charge in [-0.05, 0) is 12.3 Å². The molecule has 0 saturated carbocycles. The first-order valence-electron chi connectivity index (χ1n) is 5.33. The van der Waals surface area contributed by atoms with Crippen molar-refractivity contribution in [2.24, 2.45) is 5.92 Å². The van der Waals surface area contributed by atoms with Crippen molar-refractivity contribution < 1.29 is 4.92 Å². The lowest BCUT2D eigenvalue weighted by atomic mass is 10.0. The van der Waals surface area contributed by atoms with Crippen LogP contribution in [0, 0.1) is 16.0 Å². The molecular weight excluding hydrogens is 307 g/mol. The van der Waals surface area contributed by atoms with Gasteiger partial charge in [-0.1, -0.05) is 41.4 Å². The van der Waals surface area contributed by atoms with Crippen LogP contribution in [-0.2, 0) is 6.42 Å². The molecule has 1 unspecified atom stereocenters. The Morgan fingerprint density at radius 2 is 2.24 bits per heavy atom. The summed E-state index contributed by atoms with van der Waals surface area (Å²) in [5.41, 5.74) is 0.465. The van der Waals surface area contributed by atoms with Crippen LogP contribution in [-0.4, -0.2) is 14.7 Å². The van der Waals surface area contributed by atoms with Crippen LogP contribution in [0.5, 0.6) is 0 Å². The van der Waals surface area contributed by atoms with Crippen molar-refractivity contribution in [3.05, 3.63) is 33.1 Å². The molecule has 17 heavy (non-hydrogen) atoms. The zero-order valence-electron chi connectivity index (χ0n) is 9.69. The van der Waals surface area contributed by atoms with Crippen molar-refractivity contribution in [2.75, 3.05) is 0 Å². The molecule has 0 radical (unpaired) electrons. The third kappa shape index (κ3) is 4.60. The third-order valence-corrected chi connectivity index (χ3v) is 3.16. The monoisotopic (exact) mass is 320 g/mol. The van der Waals surface area contributed by atoms with Gasteiger partial charge < -0.3 is 0 Å². The number of hydrogen-bond acceptors (Lipinski definition) is 3. The minimum absolute atomic E-state index is 0.00861. The van der Waals surface area contributed by atoms with E-state index in [0.717, 1.165) is 6.42 Å². The molecule has 0 saturated heterocycles. The number of halogens is 2. The zero-order chi connectivity index (χ0) is 13.0. The molecule has 1 heterocycles. The van der Waals surface area contributed by atoms with Gasteiger partial charge >= 0.3 is 0 Å². The number of hydrogen-bond donors (Lipinski definition) is 0. The minimum atomic E-state index is -0.441. The average Bonchev–Trinajstić information content (AvgIpc) is 2.19. The summed E-state index contributed by atoms with van der Waals surface area (Å²) in [7, 11) is 0. The molecule has 94 valence electrons. The van der Waals surface area contributed by atoms with Crippen LogP contribution in [0.15, 0.2) is 12.3 Å². The van der Waals surface area contributed by atoms with Gasteiger partial charge in [0.2, 0.25) is 0 Å². The van der Waals surface area contributed by atoms with E-state index in [1.165, 1.54) is 12.3 Å². The first-order chi connectivity index (χ1) is 7.90. The average molecular weight is 322 g/mol. The lowest BCUT2D eigenvalue weighted by Crippen LogP contribution is -2.09. The maximum Gasteiger partial charge on any atom is 0.292 e. The second-order valence-electron chi connectivity index (χ2n) is 4.31. The van der Waals surface area contributed by atoms with Crippen LogP contribution in [0.3, 0.4) is 0 Å². The molecule has 0 aliphatic carbocycles. The summed E-state index contributed by atoms with van der Waals surface area (Å²) >= 11 is 9.22. The summed E-state index contributed by atoms with van der Waals surface area (Å²) in [6, 6.07) is 1.35. The molecular formula is C11H14BrClN2O2. The molecule has 1 aromatic heterocycles. The lowest BCUT2D eigenvalue weighted by Gasteiger charge is -2.11. The fourth-order valence-electron chi connectivity index (χ4n) is 1.58. The summed E-state index contributed by atoms with van der Waals surface area (Å²) < 4.78 is 0. The quantitative estimate of drug-likeness (QED) is 0.468. The SMILES string of the molecule is CC(C)CC(Br)Cc1ncc(Cl)cc1[N+](=O)[O-]. The molecule has 1 rings (SSSR count). The van der Waals surface area contributed by atoms with Crippen LogP contribution in [0.1, 0.15) is 26.0 Å². The van der Waals surface area contributed by atoms with E-state index in [9.17, 15) is 10.1 Å². The standard InChI is InChI=1S/C11H14BrClN2O2/c1-7(2)3-8(12)4-10-11(15(16)17)5-9(13)6-14-10/h5-8H,3-4H2,1-2H3. The Kier molecular flexibility index (Phi) is 5.33. The fraction of sp³-hybridized carbons (Fsp3) is 0.545. The molecule has 0 fully saturated rings. The van der Waals surface area contributed by atoms with Crippen molar-refractivity contribution in [2.45, 2.75) is 31.5 Å². The van der Waals surface area contributed by atoms with E-state index in [-0.39, 0.29) is 15.5 Å². The Balaban J connectivity index is 2.86. The minimum Gasteiger partial charge on any atom is -0.258 e. The highest BCUT2D eigenvalue weighted by Gasteiger charge is 2.19. The normalized spacial score (nSPS) is 12.8. The van der Waals surface area contributed by atoms with E-state index < -0.39 is 4.92 Å². The molecule has 0 aromatic carbocycles. The number of alkyl halides is 1. The highest BCUT2D eigenvalue weighted by atomic mass is 79.9. The molecule has 1 atom stereocenters. The van der Waals surface area contributed by atoms with Crippen molar-refractivity contribution in [1.82, 2.24) is 4.98 Å². The topological polar surface area (TPSA) is 56.0 Å². The maximum atomic E-state index is 10.9. The van der Waals surface area contributed by atoms with E-state index in [1.807, 2.05) is 0 Å². The van der Waals surface area contributed by atoms with Crippen LogP contribution in [0.25, 0.3) is 0 Å². The second kappa shape index (κ2) is 6.31. The van der Waals surface area contributed by atoms with Gasteiger partial charge in [-0.3, -0.25) is 15.1 Å². The first kappa shape index (κ1) is 14.4. The van der Waals surface area contributed by atoms with Crippen LogP contribution in [0.2, 0.25) is 5.02 Å². The zero-order valence-corrected chi connectivity index (χ0v) is 12.0. The van der Waals surface area contributed by atoms with Gasteiger partial charge in [0, 0.05) is 23.5 Å². The largest absolute Gasteiger partial charge is 0.292 e. The Labute approximate surface area is 114 Å². The highest BCUT2D eigenvalue weighted by Crippen LogP contribution is 2.25. The Morgan fingerprint density at radius 1 is 1.59 bits per heavy atom. The van der Waals surface area contributed by atoms with E-state index in [4.69, 9.17) is 11.6 Å². The predicted molar refractivity (Wildman–Crippen MR) is 71.8 cm³/mol. The second-order valence-corrected chi connectivity index (χ2v) is 6.04. The molecule has 0 spiro atoms. The maximum absolute atomic E-state index is 10.9. The van der Waals surface area contributed by atoms with Gasteiger partial charge in [-0.2, -0.15) is 0 Å². The van der Waals surface area contributed by atoms with Crippen LogP contribution in [0.4, 0.5) is 5.69 Å². The number of nitro groups is 1. The van der Waals surface area contributed by atoms with E-state index in [1.54, 1.807) is 0 Å². The van der Waals surface area contributed by atoms with Gasteiger partial charge in [-0.25, -0.2) is 0 Å². The van der Waals surface area contributed by atoms with E-state index >= 15 is 0 Å². The number of nitrogens with zero attached hydrogens (tertiary/aromatic N) is 2. The molecule has 0 aliphatic heterocycles. The summed E-state index contributed by atoms with van der Waals surface area (Å²) in [6.45, 7) is 4.22. The van der Waals surface area contributed by atoms with Crippen LogP contribution >= 0.6 is 27.5 Å². The number of rotatable bonds is 5. The molecule has 0 aliphatic rings. The van der Waals surface area contributed by atoms with E-state index in [2.05, 4.69) is 34.8 Å².